The van der Waals surface area contributed by atoms with Crippen molar-refractivity contribution in [1.29, 1.82) is 0 Å². The normalized spacial score (nSPS) is 12.5. The minimum absolute atomic E-state index is 0.00864. The fraction of sp³-hybridized carbons (Fsp3) is 0.833. The summed E-state index contributed by atoms with van der Waals surface area (Å²) < 4.78 is 0. The summed E-state index contributed by atoms with van der Waals surface area (Å²) in [6.45, 7) is 5.03. The third-order valence-electron chi connectivity index (χ3n) is 2.46. The first-order valence-corrected chi connectivity index (χ1v) is 6.14. The van der Waals surface area contributed by atoms with E-state index in [1.54, 1.807) is 0 Å². The molecule has 0 spiro atoms. The zero-order valence-corrected chi connectivity index (χ0v) is 10.7. The zero-order valence-electron chi connectivity index (χ0n) is 10.7. The lowest BCUT2D eigenvalue weighted by molar-refractivity contribution is -0.138. The highest BCUT2D eigenvalue weighted by Gasteiger charge is 2.15. The molecule has 1 amide bonds. The average molecular weight is 244 g/mol. The van der Waals surface area contributed by atoms with Gasteiger partial charge < -0.3 is 16.2 Å². The molecule has 0 rings (SSSR count). The van der Waals surface area contributed by atoms with Gasteiger partial charge in [-0.3, -0.25) is 9.59 Å². The molecule has 17 heavy (non-hydrogen) atoms. The van der Waals surface area contributed by atoms with Crippen molar-refractivity contribution in [2.75, 3.05) is 13.1 Å². The Bertz CT molecular complexity index is 242. The fourth-order valence-electron chi connectivity index (χ4n) is 1.76. The number of carboxylic acids is 1. The van der Waals surface area contributed by atoms with E-state index in [-0.39, 0.29) is 18.2 Å². The Hall–Kier alpha value is -1.10. The molecular weight excluding hydrogens is 220 g/mol. The maximum absolute atomic E-state index is 11.4. The van der Waals surface area contributed by atoms with Crippen LogP contribution in [-0.4, -0.2) is 30.1 Å². The van der Waals surface area contributed by atoms with Crippen molar-refractivity contribution in [1.82, 2.24) is 5.32 Å². The van der Waals surface area contributed by atoms with Crippen molar-refractivity contribution >= 4 is 11.9 Å². The summed E-state index contributed by atoms with van der Waals surface area (Å²) in [6.07, 6.45) is 2.00. The number of aliphatic carboxylic acids is 1. The molecule has 0 aromatic carbocycles. The van der Waals surface area contributed by atoms with Crippen molar-refractivity contribution in [3.05, 3.63) is 0 Å². The van der Waals surface area contributed by atoms with Gasteiger partial charge in [-0.05, 0) is 31.2 Å². The molecule has 0 saturated heterocycles. The molecule has 5 heteroatoms. The molecule has 0 fully saturated rings. The Morgan fingerprint density at radius 1 is 1.35 bits per heavy atom. The molecule has 0 unspecified atom stereocenters. The van der Waals surface area contributed by atoms with Gasteiger partial charge in [-0.1, -0.05) is 13.8 Å². The molecule has 0 aliphatic carbocycles. The lowest BCUT2D eigenvalue weighted by Crippen LogP contribution is -2.31. The molecule has 5 nitrogen and oxygen atoms in total. The van der Waals surface area contributed by atoms with Crippen LogP contribution in [0.1, 0.15) is 39.5 Å². The Labute approximate surface area is 103 Å². The Morgan fingerprint density at radius 2 is 2.00 bits per heavy atom. The summed E-state index contributed by atoms with van der Waals surface area (Å²) in [7, 11) is 0. The second-order valence-corrected chi connectivity index (χ2v) is 4.79. The van der Waals surface area contributed by atoms with Crippen LogP contribution in [0.2, 0.25) is 0 Å². The predicted octanol–water partition coefficient (Wildman–Crippen LogP) is 0.979. The number of rotatable bonds is 9. The van der Waals surface area contributed by atoms with E-state index in [9.17, 15) is 9.59 Å². The molecule has 0 heterocycles. The van der Waals surface area contributed by atoms with Gasteiger partial charge in [-0.2, -0.15) is 0 Å². The van der Waals surface area contributed by atoms with Gasteiger partial charge in [-0.25, -0.2) is 0 Å². The predicted molar refractivity (Wildman–Crippen MR) is 66.5 cm³/mol. The summed E-state index contributed by atoms with van der Waals surface area (Å²) >= 11 is 0. The smallest absolute Gasteiger partial charge is 0.303 e. The molecule has 100 valence electrons. The van der Waals surface area contributed by atoms with E-state index in [2.05, 4.69) is 5.32 Å². The van der Waals surface area contributed by atoms with Crippen LogP contribution in [-0.2, 0) is 9.59 Å². The zero-order chi connectivity index (χ0) is 13.3. The molecule has 0 aromatic heterocycles. The van der Waals surface area contributed by atoms with Crippen LogP contribution in [0.3, 0.4) is 0 Å². The summed E-state index contributed by atoms with van der Waals surface area (Å²) in [6, 6.07) is 0. The van der Waals surface area contributed by atoms with Crippen molar-refractivity contribution in [3.63, 3.8) is 0 Å². The maximum atomic E-state index is 11.4. The summed E-state index contributed by atoms with van der Waals surface area (Å²) in [5.41, 5.74) is 5.31. The van der Waals surface area contributed by atoms with E-state index in [0.29, 0.717) is 31.8 Å². The van der Waals surface area contributed by atoms with E-state index in [0.717, 1.165) is 6.42 Å². The Morgan fingerprint density at radius 3 is 2.47 bits per heavy atom. The first-order chi connectivity index (χ1) is 7.95. The van der Waals surface area contributed by atoms with Crippen molar-refractivity contribution < 1.29 is 14.7 Å². The highest BCUT2D eigenvalue weighted by Crippen LogP contribution is 2.14. The van der Waals surface area contributed by atoms with E-state index in [1.807, 2.05) is 13.8 Å². The van der Waals surface area contributed by atoms with Crippen LogP contribution in [0.5, 0.6) is 0 Å². The topological polar surface area (TPSA) is 92.4 Å². The number of nitrogens with one attached hydrogen (secondary N) is 1. The third-order valence-corrected chi connectivity index (χ3v) is 2.46. The molecular formula is C12H24N2O3. The molecule has 0 aromatic rings. The highest BCUT2D eigenvalue weighted by atomic mass is 16.4. The summed E-state index contributed by atoms with van der Waals surface area (Å²) in [5.74, 6) is -0.420. The van der Waals surface area contributed by atoms with Crippen LogP contribution in [0.25, 0.3) is 0 Å². The first-order valence-electron chi connectivity index (χ1n) is 6.14. The van der Waals surface area contributed by atoms with Gasteiger partial charge in [0.05, 0.1) is 0 Å². The van der Waals surface area contributed by atoms with Crippen molar-refractivity contribution in [2.45, 2.75) is 39.5 Å². The molecule has 0 aliphatic heterocycles. The van der Waals surface area contributed by atoms with Gasteiger partial charge in [0.15, 0.2) is 0 Å². The molecule has 0 bridgehead atoms. The molecule has 0 radical (unpaired) electrons. The molecule has 1 atom stereocenters. The minimum Gasteiger partial charge on any atom is -0.481 e. The number of nitrogens with two attached hydrogens (primary N) is 1. The van der Waals surface area contributed by atoms with Gasteiger partial charge in [0.1, 0.15) is 0 Å². The number of carbonyl (C=O) groups excluding carboxylic acids is 1. The lowest BCUT2D eigenvalue weighted by Gasteiger charge is -2.17. The van der Waals surface area contributed by atoms with E-state index in [4.69, 9.17) is 10.8 Å². The fourth-order valence-corrected chi connectivity index (χ4v) is 1.76. The SMILES string of the molecule is CC(C)C[C@H](CNC(=O)CCCN)CC(=O)O. The second-order valence-electron chi connectivity index (χ2n) is 4.79. The molecule has 0 aliphatic rings. The number of carboxylic acid groups (broad SMARTS) is 1. The maximum Gasteiger partial charge on any atom is 0.303 e. The van der Waals surface area contributed by atoms with Crippen molar-refractivity contribution in [3.8, 4) is 0 Å². The summed E-state index contributed by atoms with van der Waals surface area (Å²) in [4.78, 5) is 22.0. The minimum atomic E-state index is -0.813. The first kappa shape index (κ1) is 15.9. The highest BCUT2D eigenvalue weighted by molar-refractivity contribution is 5.76. The van der Waals surface area contributed by atoms with Gasteiger partial charge >= 0.3 is 5.97 Å². The van der Waals surface area contributed by atoms with Gasteiger partial charge in [-0.15, -0.1) is 0 Å². The van der Waals surface area contributed by atoms with Gasteiger partial charge in [0.2, 0.25) is 5.91 Å². The number of hydrogen-bond acceptors (Lipinski definition) is 3. The molecule has 0 saturated carbocycles. The average Bonchev–Trinajstić information content (AvgIpc) is 2.21. The number of carbonyl (C=O) groups is 2. The van der Waals surface area contributed by atoms with Crippen molar-refractivity contribution in [2.24, 2.45) is 17.6 Å². The lowest BCUT2D eigenvalue weighted by atomic mass is 9.94. The van der Waals surface area contributed by atoms with Gasteiger partial charge in [0, 0.05) is 19.4 Å². The second kappa shape index (κ2) is 8.98. The Kier molecular flexibility index (Phi) is 8.40. The van der Waals surface area contributed by atoms with Crippen LogP contribution in [0, 0.1) is 11.8 Å². The number of amides is 1. The van der Waals surface area contributed by atoms with Crippen LogP contribution >= 0.6 is 0 Å². The van der Waals surface area contributed by atoms with E-state index >= 15 is 0 Å². The standard InChI is InChI=1S/C12H24N2O3/c1-9(2)6-10(7-12(16)17)8-14-11(15)4-3-5-13/h9-10H,3-8,13H2,1-2H3,(H,14,15)(H,16,17)/t10-/m0/s1. The van der Waals surface area contributed by atoms with Crippen LogP contribution in [0.15, 0.2) is 0 Å². The van der Waals surface area contributed by atoms with E-state index < -0.39 is 5.97 Å². The number of hydrogen-bond donors (Lipinski definition) is 3. The van der Waals surface area contributed by atoms with Crippen LogP contribution in [0.4, 0.5) is 0 Å². The largest absolute Gasteiger partial charge is 0.481 e. The third kappa shape index (κ3) is 9.81. The summed E-state index contributed by atoms with van der Waals surface area (Å²) in [5, 5.41) is 11.5. The van der Waals surface area contributed by atoms with Crippen LogP contribution < -0.4 is 11.1 Å². The quantitative estimate of drug-likeness (QED) is 0.563. The Balaban J connectivity index is 3.97. The molecule has 4 N–H and O–H groups in total. The van der Waals surface area contributed by atoms with E-state index in [1.165, 1.54) is 0 Å². The van der Waals surface area contributed by atoms with Gasteiger partial charge in [0.25, 0.3) is 0 Å². The monoisotopic (exact) mass is 244 g/mol.